The van der Waals surface area contributed by atoms with E-state index in [0.717, 1.165) is 4.68 Å². The van der Waals surface area contributed by atoms with E-state index in [4.69, 9.17) is 15.2 Å². The van der Waals surface area contributed by atoms with Crippen LogP contribution in [0.25, 0.3) is 0 Å². The second-order valence-corrected chi connectivity index (χ2v) is 6.25. The van der Waals surface area contributed by atoms with Gasteiger partial charge < -0.3 is 25.8 Å². The summed E-state index contributed by atoms with van der Waals surface area (Å²) in [5.74, 6) is 0.754. The first-order valence-electron chi connectivity index (χ1n) is 8.81. The summed E-state index contributed by atoms with van der Waals surface area (Å²) in [6, 6.07) is 11.7. The molecule has 4 N–H and O–H groups in total. The van der Waals surface area contributed by atoms with E-state index < -0.39 is 5.91 Å². The summed E-state index contributed by atoms with van der Waals surface area (Å²) in [6.45, 7) is 2.40. The van der Waals surface area contributed by atoms with E-state index in [2.05, 4.69) is 20.7 Å². The number of nitrogen functional groups attached to an aromatic ring is 1. The van der Waals surface area contributed by atoms with Crippen LogP contribution in [0.5, 0.6) is 11.5 Å². The van der Waals surface area contributed by atoms with Crippen LogP contribution in [0.1, 0.15) is 17.3 Å². The molecule has 0 saturated heterocycles. The van der Waals surface area contributed by atoms with Gasteiger partial charge in [0.05, 0.1) is 0 Å². The molecule has 10 nitrogen and oxygen atoms in total. The van der Waals surface area contributed by atoms with Crippen LogP contribution in [0.2, 0.25) is 0 Å². The molecule has 0 fully saturated rings. The Morgan fingerprint density at radius 3 is 2.45 bits per heavy atom. The fraction of sp³-hybridized carbons (Fsp3) is 0.158. The molecule has 0 saturated carbocycles. The first-order valence-corrected chi connectivity index (χ1v) is 8.81. The molecule has 0 bridgehead atoms. The average Bonchev–Trinajstić information content (AvgIpc) is 3.07. The van der Waals surface area contributed by atoms with E-state index in [9.17, 15) is 9.59 Å². The van der Waals surface area contributed by atoms with Crippen LogP contribution in [-0.2, 0) is 4.79 Å². The van der Waals surface area contributed by atoms with Crippen LogP contribution in [0.15, 0.2) is 42.5 Å². The minimum Gasteiger partial charge on any atom is -0.486 e. The Labute approximate surface area is 165 Å². The first-order chi connectivity index (χ1) is 14.0. The molecule has 4 rings (SSSR count). The van der Waals surface area contributed by atoms with E-state index >= 15 is 0 Å². The van der Waals surface area contributed by atoms with E-state index in [-0.39, 0.29) is 17.8 Å². The Kier molecular flexibility index (Phi) is 4.73. The predicted octanol–water partition coefficient (Wildman–Crippen LogP) is 2.02. The van der Waals surface area contributed by atoms with Crippen LogP contribution < -0.4 is 25.8 Å². The van der Waals surface area contributed by atoms with Crippen molar-refractivity contribution >= 4 is 35.1 Å². The third kappa shape index (κ3) is 3.95. The lowest BCUT2D eigenvalue weighted by Crippen LogP contribution is -2.16. The highest BCUT2D eigenvalue weighted by molar-refractivity contribution is 5.97. The lowest BCUT2D eigenvalue weighted by molar-refractivity contribution is -0.114. The van der Waals surface area contributed by atoms with Gasteiger partial charge in [-0.25, -0.2) is 0 Å². The fourth-order valence-electron chi connectivity index (χ4n) is 2.80. The summed E-state index contributed by atoms with van der Waals surface area (Å²) >= 11 is 0. The Hall–Kier alpha value is -4.08. The zero-order valence-corrected chi connectivity index (χ0v) is 15.5. The number of hydrogen-bond acceptors (Lipinski definition) is 8. The van der Waals surface area contributed by atoms with Crippen molar-refractivity contribution in [2.75, 3.05) is 29.6 Å². The van der Waals surface area contributed by atoms with Crippen LogP contribution in [-0.4, -0.2) is 39.8 Å². The molecule has 0 aliphatic carbocycles. The highest BCUT2D eigenvalue weighted by atomic mass is 16.6. The van der Waals surface area contributed by atoms with Gasteiger partial charge in [-0.1, -0.05) is 0 Å². The number of aromatic nitrogens is 3. The van der Waals surface area contributed by atoms with E-state index in [0.29, 0.717) is 41.7 Å². The molecule has 2 aromatic carbocycles. The molecule has 0 spiro atoms. The maximum atomic E-state index is 12.7. The highest BCUT2D eigenvalue weighted by Gasteiger charge is 2.17. The molecule has 0 radical (unpaired) electrons. The summed E-state index contributed by atoms with van der Waals surface area (Å²) in [6.07, 6.45) is 0. The van der Waals surface area contributed by atoms with Crippen molar-refractivity contribution in [2.24, 2.45) is 0 Å². The SMILES string of the molecule is CC(=O)Nc1ccc(C(=O)n2nc(Nc3ccc4c(c3)OCCO4)nc2N)cc1. The maximum Gasteiger partial charge on any atom is 0.281 e. The van der Waals surface area contributed by atoms with E-state index in [1.165, 1.54) is 6.92 Å². The number of nitrogens with two attached hydrogens (primary N) is 1. The predicted molar refractivity (Wildman–Crippen MR) is 106 cm³/mol. The summed E-state index contributed by atoms with van der Waals surface area (Å²) < 4.78 is 12.0. The molecule has 29 heavy (non-hydrogen) atoms. The van der Waals surface area contributed by atoms with Gasteiger partial charge in [0.2, 0.25) is 17.8 Å². The molecule has 3 aromatic rings. The molecule has 1 aromatic heterocycles. The number of benzene rings is 2. The number of carbonyl (C=O) groups excluding carboxylic acids is 2. The van der Waals surface area contributed by atoms with Crippen molar-refractivity contribution in [3.63, 3.8) is 0 Å². The van der Waals surface area contributed by atoms with Crippen LogP contribution in [0.3, 0.4) is 0 Å². The smallest absolute Gasteiger partial charge is 0.281 e. The van der Waals surface area contributed by atoms with Gasteiger partial charge in [0, 0.05) is 29.9 Å². The van der Waals surface area contributed by atoms with Crippen molar-refractivity contribution in [1.29, 1.82) is 0 Å². The van der Waals surface area contributed by atoms with Crippen LogP contribution in [0.4, 0.5) is 23.3 Å². The number of hydrogen-bond donors (Lipinski definition) is 3. The zero-order valence-electron chi connectivity index (χ0n) is 15.5. The Balaban J connectivity index is 1.51. The van der Waals surface area contributed by atoms with Gasteiger partial charge in [-0.15, -0.1) is 5.10 Å². The lowest BCUT2D eigenvalue weighted by atomic mass is 10.2. The lowest BCUT2D eigenvalue weighted by Gasteiger charge is -2.18. The molecule has 1 aliphatic heterocycles. The number of fused-ring (bicyclic) bond motifs is 1. The number of nitrogens with zero attached hydrogens (tertiary/aromatic N) is 3. The average molecular weight is 394 g/mol. The summed E-state index contributed by atoms with van der Waals surface area (Å²) in [4.78, 5) is 27.9. The Bertz CT molecular complexity index is 1080. The minimum atomic E-state index is -0.445. The second-order valence-electron chi connectivity index (χ2n) is 6.25. The summed E-state index contributed by atoms with van der Waals surface area (Å²) in [5.41, 5.74) is 7.47. The summed E-state index contributed by atoms with van der Waals surface area (Å²) in [7, 11) is 0. The van der Waals surface area contributed by atoms with Crippen molar-refractivity contribution < 1.29 is 19.1 Å². The summed E-state index contributed by atoms with van der Waals surface area (Å²) in [5, 5.41) is 9.77. The first kappa shape index (κ1) is 18.3. The van der Waals surface area contributed by atoms with Gasteiger partial charge >= 0.3 is 0 Å². The molecular weight excluding hydrogens is 376 g/mol. The number of carbonyl (C=O) groups is 2. The van der Waals surface area contributed by atoms with Gasteiger partial charge in [-0.05, 0) is 36.4 Å². The van der Waals surface area contributed by atoms with Gasteiger partial charge in [0.25, 0.3) is 5.91 Å². The molecule has 1 amide bonds. The maximum absolute atomic E-state index is 12.7. The normalized spacial score (nSPS) is 12.3. The molecular formula is C19H18N6O4. The van der Waals surface area contributed by atoms with Crippen molar-refractivity contribution in [1.82, 2.24) is 14.8 Å². The molecule has 0 unspecified atom stereocenters. The number of anilines is 4. The van der Waals surface area contributed by atoms with Crippen LogP contribution >= 0.6 is 0 Å². The number of ether oxygens (including phenoxy) is 2. The largest absolute Gasteiger partial charge is 0.486 e. The number of rotatable bonds is 4. The molecule has 10 heteroatoms. The highest BCUT2D eigenvalue weighted by Crippen LogP contribution is 2.33. The Morgan fingerprint density at radius 1 is 1.03 bits per heavy atom. The molecule has 1 aliphatic rings. The minimum absolute atomic E-state index is 0.0546. The third-order valence-corrected chi connectivity index (χ3v) is 4.08. The van der Waals surface area contributed by atoms with Crippen molar-refractivity contribution in [2.45, 2.75) is 6.92 Å². The van der Waals surface area contributed by atoms with Crippen molar-refractivity contribution in [3.05, 3.63) is 48.0 Å². The molecule has 0 atom stereocenters. The van der Waals surface area contributed by atoms with E-state index in [1.54, 1.807) is 42.5 Å². The number of nitrogens with one attached hydrogen (secondary N) is 2. The second kappa shape index (κ2) is 7.50. The quantitative estimate of drug-likeness (QED) is 0.612. The molecule has 2 heterocycles. The standard InChI is InChI=1S/C19H18N6O4/c1-11(26)21-13-4-2-12(3-5-13)17(27)25-18(20)23-19(24-25)22-14-6-7-15-16(10-14)29-9-8-28-15/h2-7,10H,8-9H2,1H3,(H,21,26)(H3,20,22,23,24). The molecule has 148 valence electrons. The zero-order chi connectivity index (χ0) is 20.4. The fourth-order valence-corrected chi connectivity index (χ4v) is 2.80. The van der Waals surface area contributed by atoms with Crippen LogP contribution in [0, 0.1) is 0 Å². The number of amides is 1. The van der Waals surface area contributed by atoms with Gasteiger partial charge in [0.1, 0.15) is 13.2 Å². The monoisotopic (exact) mass is 394 g/mol. The third-order valence-electron chi connectivity index (χ3n) is 4.08. The van der Waals surface area contributed by atoms with E-state index in [1.807, 2.05) is 0 Å². The van der Waals surface area contributed by atoms with Gasteiger partial charge in [0.15, 0.2) is 11.5 Å². The topological polar surface area (TPSA) is 133 Å². The van der Waals surface area contributed by atoms with Gasteiger partial charge in [-0.3, -0.25) is 9.59 Å². The van der Waals surface area contributed by atoms with Gasteiger partial charge in [-0.2, -0.15) is 9.67 Å². The van der Waals surface area contributed by atoms with Crippen molar-refractivity contribution in [3.8, 4) is 11.5 Å². The Morgan fingerprint density at radius 2 is 1.72 bits per heavy atom.